The summed E-state index contributed by atoms with van der Waals surface area (Å²) in [4.78, 5) is 22.9. The molecule has 23 heavy (non-hydrogen) atoms. The van der Waals surface area contributed by atoms with Gasteiger partial charge >= 0.3 is 0 Å². The Morgan fingerprint density at radius 2 is 2.00 bits per heavy atom. The molecule has 1 unspecified atom stereocenters. The first-order valence-corrected chi connectivity index (χ1v) is 8.59. The molecule has 0 spiro atoms. The number of hydrogen-bond acceptors (Lipinski definition) is 5. The lowest BCUT2D eigenvalue weighted by Crippen LogP contribution is -2.38. The normalized spacial score (nSPS) is 17.6. The van der Waals surface area contributed by atoms with E-state index in [4.69, 9.17) is 4.74 Å². The minimum Gasteiger partial charge on any atom is -0.497 e. The zero-order valence-corrected chi connectivity index (χ0v) is 13.5. The van der Waals surface area contributed by atoms with Gasteiger partial charge in [0.1, 0.15) is 5.75 Å². The molecule has 0 bridgehead atoms. The number of benzene rings is 1. The molecule has 1 heterocycles. The molecule has 8 nitrogen and oxygen atoms in total. The van der Waals surface area contributed by atoms with E-state index < -0.39 is 10.0 Å². The zero-order chi connectivity index (χ0) is 16.9. The highest BCUT2D eigenvalue weighted by Crippen LogP contribution is 2.15. The Balaban J connectivity index is 1.78. The quantitative estimate of drug-likeness (QED) is 0.563. The molecule has 3 N–H and O–H groups in total. The summed E-state index contributed by atoms with van der Waals surface area (Å²) in [6.45, 7) is 0.537. The average Bonchev–Trinajstić information content (AvgIpc) is 2.98. The lowest BCUT2D eigenvalue weighted by atomic mass is 10.1. The molecule has 1 saturated heterocycles. The summed E-state index contributed by atoms with van der Waals surface area (Å²) in [7, 11) is -2.14. The van der Waals surface area contributed by atoms with Crippen LogP contribution in [0.2, 0.25) is 0 Å². The Morgan fingerprint density at radius 1 is 1.30 bits per heavy atom. The second kappa shape index (κ2) is 7.42. The van der Waals surface area contributed by atoms with Crippen LogP contribution in [0.5, 0.6) is 5.75 Å². The van der Waals surface area contributed by atoms with Crippen LogP contribution in [-0.4, -0.2) is 47.0 Å². The third-order valence-corrected chi connectivity index (χ3v) is 4.91. The van der Waals surface area contributed by atoms with Gasteiger partial charge in [0.25, 0.3) is 0 Å². The number of amides is 2. The van der Waals surface area contributed by atoms with E-state index in [-0.39, 0.29) is 42.1 Å². The van der Waals surface area contributed by atoms with Crippen LogP contribution in [0.3, 0.4) is 0 Å². The summed E-state index contributed by atoms with van der Waals surface area (Å²) in [6.07, 6.45) is 0.170. The van der Waals surface area contributed by atoms with Crippen LogP contribution in [0.1, 0.15) is 6.42 Å². The molecule has 1 fully saturated rings. The fraction of sp³-hybridized carbons (Fsp3) is 0.429. The molecule has 0 aliphatic carbocycles. The molecular formula is C14H19N3O5S. The van der Waals surface area contributed by atoms with Gasteiger partial charge in [0.05, 0.1) is 17.9 Å². The third-order valence-electron chi connectivity index (χ3n) is 3.43. The number of sulfonamides is 1. The molecule has 0 saturated carbocycles. The second-order valence-electron chi connectivity index (χ2n) is 5.07. The summed E-state index contributed by atoms with van der Waals surface area (Å²) in [6, 6.07) is 5.99. The Bertz CT molecular complexity index is 672. The average molecular weight is 341 g/mol. The van der Waals surface area contributed by atoms with Crippen molar-refractivity contribution in [3.63, 3.8) is 0 Å². The molecule has 9 heteroatoms. The molecular weight excluding hydrogens is 322 g/mol. The van der Waals surface area contributed by atoms with Crippen LogP contribution in [0, 0.1) is 5.92 Å². The van der Waals surface area contributed by atoms with E-state index in [2.05, 4.69) is 15.4 Å². The van der Waals surface area contributed by atoms with Crippen molar-refractivity contribution in [3.05, 3.63) is 24.3 Å². The van der Waals surface area contributed by atoms with Crippen molar-refractivity contribution in [1.82, 2.24) is 15.4 Å². The molecule has 1 aliphatic heterocycles. The van der Waals surface area contributed by atoms with E-state index >= 15 is 0 Å². The van der Waals surface area contributed by atoms with Crippen LogP contribution in [0.25, 0.3) is 0 Å². The van der Waals surface area contributed by atoms with Crippen molar-refractivity contribution in [1.29, 1.82) is 0 Å². The van der Waals surface area contributed by atoms with Crippen molar-refractivity contribution < 1.29 is 22.7 Å². The van der Waals surface area contributed by atoms with Crippen LogP contribution < -0.4 is 20.1 Å². The first-order valence-electron chi connectivity index (χ1n) is 7.10. The predicted molar refractivity (Wildman–Crippen MR) is 82.3 cm³/mol. The van der Waals surface area contributed by atoms with Crippen molar-refractivity contribution in [3.8, 4) is 5.75 Å². The maximum absolute atomic E-state index is 12.1. The van der Waals surface area contributed by atoms with Gasteiger partial charge in [-0.05, 0) is 24.3 Å². The van der Waals surface area contributed by atoms with Crippen molar-refractivity contribution in [2.45, 2.75) is 11.3 Å². The highest BCUT2D eigenvalue weighted by molar-refractivity contribution is 7.89. The van der Waals surface area contributed by atoms with E-state index in [1.165, 1.54) is 19.2 Å². The third kappa shape index (κ3) is 4.67. The summed E-state index contributed by atoms with van der Waals surface area (Å²) in [5.41, 5.74) is 0. The van der Waals surface area contributed by atoms with Crippen molar-refractivity contribution >= 4 is 21.8 Å². The molecule has 2 rings (SSSR count). The Kier molecular flexibility index (Phi) is 5.56. The monoisotopic (exact) mass is 341 g/mol. The summed E-state index contributed by atoms with van der Waals surface area (Å²) >= 11 is 0. The van der Waals surface area contributed by atoms with E-state index in [1.807, 2.05) is 0 Å². The fourth-order valence-electron chi connectivity index (χ4n) is 2.14. The van der Waals surface area contributed by atoms with Gasteiger partial charge in [-0.1, -0.05) is 0 Å². The second-order valence-corrected chi connectivity index (χ2v) is 6.84. The zero-order valence-electron chi connectivity index (χ0n) is 12.7. The Labute approximate surface area is 134 Å². The lowest BCUT2D eigenvalue weighted by Gasteiger charge is -2.10. The number of carbonyl (C=O) groups is 2. The lowest BCUT2D eigenvalue weighted by molar-refractivity contribution is -0.126. The maximum atomic E-state index is 12.1. The SMILES string of the molecule is COc1ccc(S(=O)(=O)NCCNC(=O)C2CNC(=O)C2)cc1. The highest BCUT2D eigenvalue weighted by Gasteiger charge is 2.27. The van der Waals surface area contributed by atoms with Crippen LogP contribution in [0.15, 0.2) is 29.2 Å². The van der Waals surface area contributed by atoms with Gasteiger partial charge in [0, 0.05) is 26.1 Å². The van der Waals surface area contributed by atoms with E-state index in [0.717, 1.165) is 0 Å². The van der Waals surface area contributed by atoms with Gasteiger partial charge in [-0.2, -0.15) is 0 Å². The fourth-order valence-corrected chi connectivity index (χ4v) is 3.18. The van der Waals surface area contributed by atoms with Gasteiger partial charge in [-0.15, -0.1) is 0 Å². The van der Waals surface area contributed by atoms with Crippen LogP contribution in [0.4, 0.5) is 0 Å². The summed E-state index contributed by atoms with van der Waals surface area (Å²) in [5, 5.41) is 5.18. The van der Waals surface area contributed by atoms with Crippen LogP contribution >= 0.6 is 0 Å². The molecule has 1 aromatic carbocycles. The molecule has 0 aromatic heterocycles. The number of ether oxygens (including phenoxy) is 1. The van der Waals surface area contributed by atoms with Gasteiger partial charge in [0.15, 0.2) is 0 Å². The Morgan fingerprint density at radius 3 is 2.57 bits per heavy atom. The largest absolute Gasteiger partial charge is 0.497 e. The minimum absolute atomic E-state index is 0.0637. The van der Waals surface area contributed by atoms with Crippen LogP contribution in [-0.2, 0) is 19.6 Å². The van der Waals surface area contributed by atoms with E-state index in [1.54, 1.807) is 12.1 Å². The Hall–Kier alpha value is -2.13. The van der Waals surface area contributed by atoms with Crippen molar-refractivity contribution in [2.24, 2.45) is 5.92 Å². The van der Waals surface area contributed by atoms with Gasteiger partial charge in [-0.25, -0.2) is 13.1 Å². The molecule has 1 aromatic rings. The molecule has 2 amide bonds. The van der Waals surface area contributed by atoms with Gasteiger partial charge in [0.2, 0.25) is 21.8 Å². The first kappa shape index (κ1) is 17.2. The van der Waals surface area contributed by atoms with Gasteiger partial charge in [-0.3, -0.25) is 9.59 Å². The van der Waals surface area contributed by atoms with E-state index in [0.29, 0.717) is 12.3 Å². The topological polar surface area (TPSA) is 114 Å². The number of methoxy groups -OCH3 is 1. The molecule has 0 radical (unpaired) electrons. The predicted octanol–water partition coefficient (Wildman–Crippen LogP) is -0.774. The first-order chi connectivity index (χ1) is 10.9. The molecule has 1 aliphatic rings. The number of carbonyl (C=O) groups excluding carboxylic acids is 2. The number of nitrogens with one attached hydrogen (secondary N) is 3. The smallest absolute Gasteiger partial charge is 0.240 e. The maximum Gasteiger partial charge on any atom is 0.240 e. The number of rotatable bonds is 7. The standard InChI is InChI=1S/C14H19N3O5S/c1-22-11-2-4-12(5-3-11)23(20,21)17-7-6-15-14(19)10-8-13(18)16-9-10/h2-5,10,17H,6-9H2,1H3,(H,15,19)(H,16,18). The van der Waals surface area contributed by atoms with Gasteiger partial charge < -0.3 is 15.4 Å². The molecule has 1 atom stereocenters. The number of hydrogen-bond donors (Lipinski definition) is 3. The highest BCUT2D eigenvalue weighted by atomic mass is 32.2. The van der Waals surface area contributed by atoms with Crippen molar-refractivity contribution in [2.75, 3.05) is 26.7 Å². The molecule has 126 valence electrons. The van der Waals surface area contributed by atoms with E-state index in [9.17, 15) is 18.0 Å². The summed E-state index contributed by atoms with van der Waals surface area (Å²) < 4.78 is 31.5. The summed E-state index contributed by atoms with van der Waals surface area (Å²) in [5.74, 6) is -0.228. The minimum atomic E-state index is -3.63.